The zero-order chi connectivity index (χ0) is 14.9. The molecule has 7 heteroatoms. The Bertz CT molecular complexity index is 681. The Morgan fingerprint density at radius 1 is 1.27 bits per heavy atom. The maximum Gasteiger partial charge on any atom is 0.407 e. The number of cyclic esters (lactones) is 1. The molecule has 0 saturated carbocycles. The molecule has 2 aromatic rings. The van der Waals surface area contributed by atoms with Crippen LogP contribution in [0.25, 0.3) is 10.1 Å². The molecule has 0 spiro atoms. The molecule has 3 heterocycles. The van der Waals surface area contributed by atoms with Crippen LogP contribution in [0, 0.1) is 0 Å². The number of piperazine rings is 1. The number of nitrogens with zero attached hydrogens (tertiary/aromatic N) is 3. The Balaban J connectivity index is 1.38. The zero-order valence-corrected chi connectivity index (χ0v) is 13.0. The summed E-state index contributed by atoms with van der Waals surface area (Å²) in [5.41, 5.74) is 0. The lowest BCUT2D eigenvalue weighted by Gasteiger charge is -2.35. The number of amides is 1. The Morgan fingerprint density at radius 2 is 2.09 bits per heavy atom. The van der Waals surface area contributed by atoms with Crippen LogP contribution >= 0.6 is 11.5 Å². The molecule has 2 aliphatic heterocycles. The van der Waals surface area contributed by atoms with Gasteiger partial charge in [0.15, 0.2) is 0 Å². The third-order valence-electron chi connectivity index (χ3n) is 4.24. The molecule has 2 aliphatic rings. The summed E-state index contributed by atoms with van der Waals surface area (Å²) in [5, 5.41) is 3.95. The van der Waals surface area contributed by atoms with E-state index in [-0.39, 0.29) is 12.2 Å². The van der Waals surface area contributed by atoms with Gasteiger partial charge < -0.3 is 15.0 Å². The van der Waals surface area contributed by atoms with E-state index in [0.29, 0.717) is 6.54 Å². The van der Waals surface area contributed by atoms with Gasteiger partial charge in [0.1, 0.15) is 11.9 Å². The molecular formula is C15H18N4O2S. The van der Waals surface area contributed by atoms with E-state index in [1.54, 1.807) is 11.5 Å². The van der Waals surface area contributed by atoms with Gasteiger partial charge in [-0.15, -0.1) is 0 Å². The molecule has 0 bridgehead atoms. The fourth-order valence-electron chi connectivity index (χ4n) is 3.06. The number of benzene rings is 1. The van der Waals surface area contributed by atoms with Gasteiger partial charge in [0, 0.05) is 38.1 Å². The summed E-state index contributed by atoms with van der Waals surface area (Å²) >= 11 is 1.56. The standard InChI is InChI=1S/C15H18N4O2S/c20-15-16-9-11(21-15)10-18-5-7-19(8-6-18)14-12-3-1-2-4-13(12)22-17-14/h1-4,11H,5-10H2,(H,16,20). The number of rotatable bonds is 3. The first kappa shape index (κ1) is 13.8. The molecule has 1 atom stereocenters. The van der Waals surface area contributed by atoms with Gasteiger partial charge >= 0.3 is 6.09 Å². The molecule has 6 nitrogen and oxygen atoms in total. The number of nitrogens with one attached hydrogen (secondary N) is 1. The van der Waals surface area contributed by atoms with E-state index in [0.717, 1.165) is 38.5 Å². The van der Waals surface area contributed by atoms with E-state index in [2.05, 4.69) is 43.8 Å². The molecule has 1 N–H and O–H groups in total. The number of ether oxygens (including phenoxy) is 1. The van der Waals surface area contributed by atoms with E-state index < -0.39 is 0 Å². The zero-order valence-electron chi connectivity index (χ0n) is 12.2. The topological polar surface area (TPSA) is 57.7 Å². The predicted octanol–water partition coefficient (Wildman–Crippen LogP) is 1.53. The van der Waals surface area contributed by atoms with Crippen molar-refractivity contribution in [3.63, 3.8) is 0 Å². The van der Waals surface area contributed by atoms with Crippen LogP contribution in [0.15, 0.2) is 24.3 Å². The molecule has 2 saturated heterocycles. The second-order valence-corrected chi connectivity index (χ2v) is 6.50. The number of anilines is 1. The van der Waals surface area contributed by atoms with Crippen LogP contribution in [-0.4, -0.2) is 60.7 Å². The minimum Gasteiger partial charge on any atom is -0.443 e. The lowest BCUT2D eigenvalue weighted by atomic mass is 10.2. The summed E-state index contributed by atoms with van der Waals surface area (Å²) < 4.78 is 11.1. The lowest BCUT2D eigenvalue weighted by Crippen LogP contribution is -2.49. The fraction of sp³-hybridized carbons (Fsp3) is 0.467. The number of hydrogen-bond donors (Lipinski definition) is 1. The minimum absolute atomic E-state index is 0.0147. The predicted molar refractivity (Wildman–Crippen MR) is 86.5 cm³/mol. The summed E-state index contributed by atoms with van der Waals surface area (Å²) in [6.45, 7) is 5.30. The van der Waals surface area contributed by atoms with Crippen LogP contribution in [0.2, 0.25) is 0 Å². The molecule has 116 valence electrons. The maximum absolute atomic E-state index is 11.1. The van der Waals surface area contributed by atoms with Crippen LogP contribution in [0.4, 0.5) is 10.6 Å². The Labute approximate surface area is 132 Å². The van der Waals surface area contributed by atoms with E-state index >= 15 is 0 Å². The first-order valence-corrected chi connectivity index (χ1v) is 8.33. The van der Waals surface area contributed by atoms with Gasteiger partial charge in [-0.05, 0) is 23.7 Å². The van der Waals surface area contributed by atoms with E-state index in [4.69, 9.17) is 4.74 Å². The van der Waals surface area contributed by atoms with Crippen LogP contribution in [-0.2, 0) is 4.74 Å². The van der Waals surface area contributed by atoms with E-state index in [1.807, 2.05) is 0 Å². The van der Waals surface area contributed by atoms with Crippen molar-refractivity contribution in [2.75, 3.05) is 44.2 Å². The number of aromatic nitrogens is 1. The highest BCUT2D eigenvalue weighted by Gasteiger charge is 2.27. The van der Waals surface area contributed by atoms with Crippen LogP contribution < -0.4 is 10.2 Å². The normalized spacial score (nSPS) is 22.8. The van der Waals surface area contributed by atoms with E-state index in [1.165, 1.54) is 10.1 Å². The molecule has 22 heavy (non-hydrogen) atoms. The van der Waals surface area contributed by atoms with Crippen molar-refractivity contribution < 1.29 is 9.53 Å². The number of hydrogen-bond acceptors (Lipinski definition) is 6. The van der Waals surface area contributed by atoms with Crippen LogP contribution in [0.1, 0.15) is 0 Å². The number of alkyl carbamates (subject to hydrolysis) is 1. The highest BCUT2D eigenvalue weighted by atomic mass is 32.1. The third-order valence-corrected chi connectivity index (χ3v) is 5.06. The monoisotopic (exact) mass is 318 g/mol. The van der Waals surface area contributed by atoms with Gasteiger partial charge in [-0.2, -0.15) is 4.37 Å². The molecule has 2 fully saturated rings. The smallest absolute Gasteiger partial charge is 0.407 e. The van der Waals surface area contributed by atoms with Gasteiger partial charge in [-0.25, -0.2) is 4.79 Å². The molecule has 1 aromatic heterocycles. The van der Waals surface area contributed by atoms with Crippen molar-refractivity contribution in [3.05, 3.63) is 24.3 Å². The van der Waals surface area contributed by atoms with Gasteiger partial charge in [0.2, 0.25) is 0 Å². The molecule has 0 aliphatic carbocycles. The van der Waals surface area contributed by atoms with Gasteiger partial charge in [0.05, 0.1) is 11.2 Å². The van der Waals surface area contributed by atoms with Crippen LogP contribution in [0.5, 0.6) is 0 Å². The Kier molecular flexibility index (Phi) is 3.59. The third kappa shape index (κ3) is 2.62. The van der Waals surface area contributed by atoms with Crippen LogP contribution in [0.3, 0.4) is 0 Å². The van der Waals surface area contributed by atoms with Gasteiger partial charge in [-0.1, -0.05) is 12.1 Å². The molecule has 1 amide bonds. The number of fused-ring (bicyclic) bond motifs is 1. The molecule has 1 unspecified atom stereocenters. The van der Waals surface area contributed by atoms with Crippen molar-refractivity contribution in [1.29, 1.82) is 0 Å². The van der Waals surface area contributed by atoms with Gasteiger partial charge in [0.25, 0.3) is 0 Å². The Morgan fingerprint density at radius 3 is 2.86 bits per heavy atom. The average Bonchev–Trinajstić information content (AvgIpc) is 3.14. The summed E-state index contributed by atoms with van der Waals surface area (Å²) in [5.74, 6) is 1.11. The lowest BCUT2D eigenvalue weighted by molar-refractivity contribution is 0.106. The molecular weight excluding hydrogens is 300 g/mol. The Hall–Kier alpha value is -1.86. The number of carbonyl (C=O) groups is 1. The van der Waals surface area contributed by atoms with Crippen molar-refractivity contribution in [2.24, 2.45) is 0 Å². The SMILES string of the molecule is O=C1NCC(CN2CCN(c3nsc4ccccc34)CC2)O1. The highest BCUT2D eigenvalue weighted by Crippen LogP contribution is 2.29. The first-order chi connectivity index (χ1) is 10.8. The second kappa shape index (κ2) is 5.73. The largest absolute Gasteiger partial charge is 0.443 e. The van der Waals surface area contributed by atoms with Crippen molar-refractivity contribution >= 4 is 33.5 Å². The average molecular weight is 318 g/mol. The first-order valence-electron chi connectivity index (χ1n) is 7.56. The van der Waals surface area contributed by atoms with Crippen molar-refractivity contribution in [2.45, 2.75) is 6.10 Å². The molecule has 0 radical (unpaired) electrons. The quantitative estimate of drug-likeness (QED) is 0.930. The maximum atomic E-state index is 11.1. The van der Waals surface area contributed by atoms with Crippen molar-refractivity contribution in [1.82, 2.24) is 14.6 Å². The summed E-state index contributed by atoms with van der Waals surface area (Å²) in [6.07, 6.45) is -0.309. The highest BCUT2D eigenvalue weighted by molar-refractivity contribution is 7.13. The van der Waals surface area contributed by atoms with Crippen molar-refractivity contribution in [3.8, 4) is 0 Å². The molecule has 1 aromatic carbocycles. The van der Waals surface area contributed by atoms with Gasteiger partial charge in [-0.3, -0.25) is 4.90 Å². The summed E-state index contributed by atoms with van der Waals surface area (Å²) in [6, 6.07) is 8.38. The minimum atomic E-state index is -0.294. The molecule has 4 rings (SSSR count). The summed E-state index contributed by atoms with van der Waals surface area (Å²) in [4.78, 5) is 15.8. The second-order valence-electron chi connectivity index (χ2n) is 5.70. The van der Waals surface area contributed by atoms with E-state index in [9.17, 15) is 4.79 Å². The fourth-order valence-corrected chi connectivity index (χ4v) is 3.86. The number of carbonyl (C=O) groups excluding carboxylic acids is 1. The summed E-state index contributed by atoms with van der Waals surface area (Å²) in [7, 11) is 0.